The van der Waals surface area contributed by atoms with Gasteiger partial charge in [-0.1, -0.05) is 0 Å². The van der Waals surface area contributed by atoms with Gasteiger partial charge in [-0.3, -0.25) is 4.90 Å². The minimum Gasteiger partial charge on any atom is -0.444 e. The van der Waals surface area contributed by atoms with Gasteiger partial charge in [-0.25, -0.2) is 14.8 Å². The Hall–Kier alpha value is -1.60. The number of carbonyl (C=O) groups is 1. The minimum atomic E-state index is -0.517. The first-order valence-corrected chi connectivity index (χ1v) is 8.20. The first-order valence-electron chi connectivity index (χ1n) is 7.82. The number of rotatable bonds is 1. The Morgan fingerprint density at radius 2 is 1.91 bits per heavy atom. The van der Waals surface area contributed by atoms with Crippen LogP contribution in [-0.2, 0) is 17.8 Å². The number of piperazine rings is 1. The van der Waals surface area contributed by atoms with Gasteiger partial charge >= 0.3 is 6.09 Å². The number of halogens is 1. The van der Waals surface area contributed by atoms with E-state index in [-0.39, 0.29) is 11.4 Å². The molecule has 3 heterocycles. The lowest BCUT2D eigenvalue weighted by atomic mass is 10.2. The monoisotopic (exact) mass is 339 g/mol. The van der Waals surface area contributed by atoms with Crippen LogP contribution in [0.25, 0.3) is 0 Å². The Kier molecular flexibility index (Phi) is 4.33. The fourth-order valence-electron chi connectivity index (χ4n) is 2.80. The van der Waals surface area contributed by atoms with Crippen molar-refractivity contribution in [1.29, 1.82) is 0 Å². The second-order valence-corrected chi connectivity index (χ2v) is 7.15. The summed E-state index contributed by atoms with van der Waals surface area (Å²) in [6.45, 7) is 9.99. The van der Waals surface area contributed by atoms with Crippen molar-refractivity contribution in [3.05, 3.63) is 16.5 Å². The first-order chi connectivity index (χ1) is 10.8. The molecule has 1 aromatic rings. The lowest BCUT2D eigenvalue weighted by Gasteiger charge is -2.29. The van der Waals surface area contributed by atoms with Gasteiger partial charge < -0.3 is 15.0 Å². The van der Waals surface area contributed by atoms with Crippen molar-refractivity contribution in [1.82, 2.24) is 20.2 Å². The van der Waals surface area contributed by atoms with Crippen LogP contribution in [0.1, 0.15) is 32.0 Å². The standard InChI is InChI=1S/C15H22ClN5O2/c1-15(2,3)23-14(22)21-8-10-11(9-21)18-13(16)19-12(10)20-6-4-17-5-7-20/h17H,4-9H2,1-3H3. The van der Waals surface area contributed by atoms with E-state index < -0.39 is 5.60 Å². The molecule has 0 aliphatic carbocycles. The number of carbonyl (C=O) groups excluding carboxylic acids is 1. The number of ether oxygens (including phenoxy) is 1. The van der Waals surface area contributed by atoms with Crippen LogP contribution in [0.5, 0.6) is 0 Å². The summed E-state index contributed by atoms with van der Waals surface area (Å²) in [5.41, 5.74) is 1.27. The van der Waals surface area contributed by atoms with E-state index in [2.05, 4.69) is 20.2 Å². The van der Waals surface area contributed by atoms with E-state index >= 15 is 0 Å². The van der Waals surface area contributed by atoms with Crippen LogP contribution in [0.15, 0.2) is 0 Å². The Morgan fingerprint density at radius 3 is 2.57 bits per heavy atom. The van der Waals surface area contributed by atoms with Gasteiger partial charge in [-0.2, -0.15) is 0 Å². The molecule has 0 spiro atoms. The average Bonchev–Trinajstić information content (AvgIpc) is 2.89. The van der Waals surface area contributed by atoms with Crippen LogP contribution in [0.4, 0.5) is 10.6 Å². The van der Waals surface area contributed by atoms with Crippen molar-refractivity contribution in [3.8, 4) is 0 Å². The summed E-state index contributed by atoms with van der Waals surface area (Å²) < 4.78 is 5.45. The van der Waals surface area contributed by atoms with Crippen molar-refractivity contribution in [3.63, 3.8) is 0 Å². The number of nitrogens with zero attached hydrogens (tertiary/aromatic N) is 4. The highest BCUT2D eigenvalue weighted by molar-refractivity contribution is 6.28. The van der Waals surface area contributed by atoms with Crippen LogP contribution < -0.4 is 10.2 Å². The first kappa shape index (κ1) is 16.3. The molecule has 0 atom stereocenters. The summed E-state index contributed by atoms with van der Waals surface area (Å²) in [5.74, 6) is 0.840. The van der Waals surface area contributed by atoms with Gasteiger partial charge in [0.05, 0.1) is 18.8 Å². The molecule has 1 amide bonds. The number of hydrogen-bond donors (Lipinski definition) is 1. The number of anilines is 1. The van der Waals surface area contributed by atoms with Crippen molar-refractivity contribution < 1.29 is 9.53 Å². The molecule has 1 fully saturated rings. The minimum absolute atomic E-state index is 0.225. The highest BCUT2D eigenvalue weighted by Gasteiger charge is 2.32. The molecule has 0 aromatic carbocycles. The Labute approximate surface area is 141 Å². The van der Waals surface area contributed by atoms with Crippen LogP contribution in [0.2, 0.25) is 5.28 Å². The number of aromatic nitrogens is 2. The highest BCUT2D eigenvalue weighted by atomic mass is 35.5. The molecule has 2 aliphatic rings. The molecular formula is C15H22ClN5O2. The second-order valence-electron chi connectivity index (χ2n) is 6.81. The van der Waals surface area contributed by atoms with E-state index in [1.165, 1.54) is 0 Å². The van der Waals surface area contributed by atoms with Gasteiger partial charge in [0.1, 0.15) is 11.4 Å². The summed E-state index contributed by atoms with van der Waals surface area (Å²) in [6, 6.07) is 0. The fourth-order valence-corrected chi connectivity index (χ4v) is 2.98. The molecule has 0 saturated carbocycles. The summed E-state index contributed by atoms with van der Waals surface area (Å²) in [4.78, 5) is 24.9. The lowest BCUT2D eigenvalue weighted by Crippen LogP contribution is -2.44. The van der Waals surface area contributed by atoms with E-state index in [1.807, 2.05) is 20.8 Å². The summed E-state index contributed by atoms with van der Waals surface area (Å²) in [6.07, 6.45) is -0.335. The van der Waals surface area contributed by atoms with E-state index in [4.69, 9.17) is 16.3 Å². The predicted octanol–water partition coefficient (Wildman–Crippen LogP) is 1.79. The zero-order valence-corrected chi connectivity index (χ0v) is 14.5. The number of nitrogens with one attached hydrogen (secondary N) is 1. The molecule has 0 bridgehead atoms. The molecule has 1 N–H and O–H groups in total. The summed E-state index contributed by atoms with van der Waals surface area (Å²) >= 11 is 6.08. The number of hydrogen-bond acceptors (Lipinski definition) is 6. The number of amides is 1. The molecule has 2 aliphatic heterocycles. The van der Waals surface area contributed by atoms with Gasteiger partial charge in [0.15, 0.2) is 0 Å². The van der Waals surface area contributed by atoms with E-state index in [9.17, 15) is 4.79 Å². The second kappa shape index (κ2) is 6.13. The molecule has 3 rings (SSSR count). The Balaban J connectivity index is 1.82. The zero-order valence-electron chi connectivity index (χ0n) is 13.7. The summed E-state index contributed by atoms with van der Waals surface area (Å²) in [5, 5.41) is 3.54. The Morgan fingerprint density at radius 1 is 1.22 bits per heavy atom. The molecule has 1 saturated heterocycles. The zero-order chi connectivity index (χ0) is 16.6. The van der Waals surface area contributed by atoms with E-state index in [0.717, 1.165) is 43.3 Å². The maximum absolute atomic E-state index is 12.3. The highest BCUT2D eigenvalue weighted by Crippen LogP contribution is 2.31. The maximum Gasteiger partial charge on any atom is 0.410 e. The third-order valence-electron chi connectivity index (χ3n) is 3.80. The van der Waals surface area contributed by atoms with Gasteiger partial charge in [-0.15, -0.1) is 0 Å². The smallest absolute Gasteiger partial charge is 0.410 e. The molecular weight excluding hydrogens is 318 g/mol. The maximum atomic E-state index is 12.3. The van der Waals surface area contributed by atoms with Crippen LogP contribution in [0, 0.1) is 0 Å². The quantitative estimate of drug-likeness (QED) is 0.787. The Bertz CT molecular complexity index is 611. The van der Waals surface area contributed by atoms with Crippen molar-refractivity contribution >= 4 is 23.5 Å². The SMILES string of the molecule is CC(C)(C)OC(=O)N1Cc2nc(Cl)nc(N3CCNCC3)c2C1. The van der Waals surface area contributed by atoms with Crippen LogP contribution in [-0.4, -0.2) is 52.7 Å². The predicted molar refractivity (Wildman–Crippen MR) is 87.6 cm³/mol. The third kappa shape index (κ3) is 3.67. The van der Waals surface area contributed by atoms with Gasteiger partial charge in [0.25, 0.3) is 0 Å². The van der Waals surface area contributed by atoms with E-state index in [1.54, 1.807) is 4.90 Å². The molecule has 8 heteroatoms. The van der Waals surface area contributed by atoms with Crippen LogP contribution in [0.3, 0.4) is 0 Å². The van der Waals surface area contributed by atoms with Crippen LogP contribution >= 0.6 is 11.6 Å². The molecule has 23 heavy (non-hydrogen) atoms. The lowest BCUT2D eigenvalue weighted by molar-refractivity contribution is 0.0241. The fraction of sp³-hybridized carbons (Fsp3) is 0.667. The largest absolute Gasteiger partial charge is 0.444 e. The average molecular weight is 340 g/mol. The topological polar surface area (TPSA) is 70.6 Å². The third-order valence-corrected chi connectivity index (χ3v) is 3.97. The molecule has 7 nitrogen and oxygen atoms in total. The van der Waals surface area contributed by atoms with E-state index in [0.29, 0.717) is 13.1 Å². The van der Waals surface area contributed by atoms with Gasteiger partial charge in [0, 0.05) is 31.7 Å². The number of fused-ring (bicyclic) bond motifs is 1. The molecule has 126 valence electrons. The van der Waals surface area contributed by atoms with Crippen molar-refractivity contribution in [2.24, 2.45) is 0 Å². The molecule has 0 unspecified atom stereocenters. The normalized spacial score (nSPS) is 18.1. The molecule has 1 aromatic heterocycles. The van der Waals surface area contributed by atoms with Gasteiger partial charge in [-0.05, 0) is 32.4 Å². The summed E-state index contributed by atoms with van der Waals surface area (Å²) in [7, 11) is 0. The molecule has 0 radical (unpaired) electrons. The van der Waals surface area contributed by atoms with Gasteiger partial charge in [0.2, 0.25) is 5.28 Å². The van der Waals surface area contributed by atoms with Crippen molar-refractivity contribution in [2.75, 3.05) is 31.1 Å². The van der Waals surface area contributed by atoms with Crippen molar-refractivity contribution in [2.45, 2.75) is 39.5 Å².